The summed E-state index contributed by atoms with van der Waals surface area (Å²) in [4.78, 5) is 0. The van der Waals surface area contributed by atoms with Crippen LogP contribution in [0.5, 0.6) is 0 Å². The van der Waals surface area contributed by atoms with Crippen LogP contribution in [0.25, 0.3) is 0 Å². The number of rotatable bonds is 4. The molecule has 1 fully saturated rings. The van der Waals surface area contributed by atoms with Crippen LogP contribution in [0.15, 0.2) is 0 Å². The van der Waals surface area contributed by atoms with Crippen molar-refractivity contribution in [2.75, 3.05) is 0 Å². The second-order valence-corrected chi connectivity index (χ2v) is 5.26. The molecule has 0 aromatic carbocycles. The monoisotopic (exact) mass is 444 g/mol. The van der Waals surface area contributed by atoms with E-state index in [4.69, 9.17) is 0 Å². The van der Waals surface area contributed by atoms with Gasteiger partial charge in [-0.3, -0.25) is 0 Å². The topological polar surface area (TPSA) is 9.23 Å². The van der Waals surface area contributed by atoms with Crippen LogP contribution in [0.4, 0.5) is 70.2 Å². The Kier molecular flexibility index (Phi) is 5.46. The first-order valence-corrected chi connectivity index (χ1v) is 6.12. The van der Waals surface area contributed by atoms with Gasteiger partial charge in [0.25, 0.3) is 12.3 Å². The lowest BCUT2D eigenvalue weighted by Crippen LogP contribution is -2.63. The second kappa shape index (κ2) is 6.17. The van der Waals surface area contributed by atoms with E-state index in [2.05, 4.69) is 4.74 Å². The zero-order valence-electron chi connectivity index (χ0n) is 11.8. The van der Waals surface area contributed by atoms with E-state index in [0.717, 1.165) is 0 Å². The molecule has 5 unspecified atom stereocenters. The number of hydrogen-bond acceptors (Lipinski definition) is 1. The van der Waals surface area contributed by atoms with E-state index in [9.17, 15) is 70.2 Å². The summed E-state index contributed by atoms with van der Waals surface area (Å²) in [6.45, 7) is 0. The molecule has 1 aliphatic rings. The van der Waals surface area contributed by atoms with Crippen LogP contribution in [0.1, 0.15) is 0 Å². The molecule has 1 rings (SSSR count). The number of alkyl halides is 16. The molecule has 27 heavy (non-hydrogen) atoms. The highest BCUT2D eigenvalue weighted by Crippen LogP contribution is 2.60. The molecule has 17 heteroatoms. The van der Waals surface area contributed by atoms with Crippen molar-refractivity contribution in [2.45, 2.75) is 60.6 Å². The Morgan fingerprint density at radius 3 is 1.41 bits per heavy atom. The molecule has 1 aliphatic heterocycles. The van der Waals surface area contributed by atoms with Crippen molar-refractivity contribution < 1.29 is 75.0 Å². The molecule has 5 atom stereocenters. The summed E-state index contributed by atoms with van der Waals surface area (Å²) in [7, 11) is 0. The van der Waals surface area contributed by atoms with Crippen molar-refractivity contribution >= 4 is 0 Å². The van der Waals surface area contributed by atoms with Gasteiger partial charge in [-0.1, -0.05) is 0 Å². The molecule has 0 aliphatic carbocycles. The Morgan fingerprint density at radius 2 is 1.07 bits per heavy atom. The van der Waals surface area contributed by atoms with Crippen molar-refractivity contribution in [3.05, 3.63) is 0 Å². The molecule has 0 amide bonds. The minimum atomic E-state index is -7.12. The third-order valence-electron chi connectivity index (χ3n) is 3.37. The zero-order chi connectivity index (χ0) is 22.0. The van der Waals surface area contributed by atoms with E-state index >= 15 is 0 Å². The fourth-order valence-corrected chi connectivity index (χ4v) is 1.99. The van der Waals surface area contributed by atoms with Gasteiger partial charge in [-0.25, -0.2) is 13.2 Å². The van der Waals surface area contributed by atoms with Crippen LogP contribution in [-0.2, 0) is 4.74 Å². The predicted molar refractivity (Wildman–Crippen MR) is 50.4 cm³/mol. The third kappa shape index (κ3) is 3.39. The smallest absolute Gasteiger partial charge is 0.323 e. The van der Waals surface area contributed by atoms with Gasteiger partial charge in [0.15, 0.2) is 6.10 Å². The molecular weight excluding hydrogens is 440 g/mol. The Balaban J connectivity index is 3.46. The first-order valence-electron chi connectivity index (χ1n) is 6.12. The molecule has 0 radical (unpaired) electrons. The Morgan fingerprint density at radius 1 is 0.704 bits per heavy atom. The number of ether oxygens (including phenoxy) is 1. The molecule has 0 N–H and O–H groups in total. The van der Waals surface area contributed by atoms with Crippen LogP contribution < -0.4 is 0 Å². The summed E-state index contributed by atoms with van der Waals surface area (Å²) in [5.74, 6) is -27.2. The zero-order valence-corrected chi connectivity index (χ0v) is 11.8. The van der Waals surface area contributed by atoms with Gasteiger partial charge in [0.05, 0.1) is 0 Å². The summed E-state index contributed by atoms with van der Waals surface area (Å²) in [5, 5.41) is 0. The van der Waals surface area contributed by atoms with Crippen LogP contribution in [-0.4, -0.2) is 60.6 Å². The largest absolute Gasteiger partial charge is 0.425 e. The second-order valence-electron chi connectivity index (χ2n) is 5.26. The fourth-order valence-electron chi connectivity index (χ4n) is 1.99. The lowest BCUT2D eigenvalue weighted by atomic mass is 9.94. The normalized spacial score (nSPS) is 32.4. The quantitative estimate of drug-likeness (QED) is 0.549. The van der Waals surface area contributed by atoms with Gasteiger partial charge in [-0.05, 0) is 0 Å². The molecule has 1 heterocycles. The molecule has 0 saturated carbocycles. The molecule has 0 aromatic heterocycles. The molecule has 0 spiro atoms. The maximum atomic E-state index is 13.8. The first kappa shape index (κ1) is 23.9. The maximum Gasteiger partial charge on any atom is 0.425 e. The summed E-state index contributed by atoms with van der Waals surface area (Å²) < 4.78 is 207. The van der Waals surface area contributed by atoms with Gasteiger partial charge in [-0.2, -0.15) is 57.1 Å². The Labute approximate surface area is 137 Å². The van der Waals surface area contributed by atoms with Crippen molar-refractivity contribution in [1.82, 2.24) is 0 Å². The molecule has 0 bridgehead atoms. The Hall–Kier alpha value is -1.16. The van der Waals surface area contributed by atoms with E-state index in [1.165, 1.54) is 0 Å². The van der Waals surface area contributed by atoms with Crippen molar-refractivity contribution in [3.63, 3.8) is 0 Å². The van der Waals surface area contributed by atoms with Gasteiger partial charge in [-0.15, -0.1) is 0 Å². The van der Waals surface area contributed by atoms with E-state index in [1.807, 2.05) is 0 Å². The molecular formula is C10H4F16O. The molecule has 1 saturated heterocycles. The van der Waals surface area contributed by atoms with Crippen molar-refractivity contribution in [2.24, 2.45) is 0 Å². The van der Waals surface area contributed by atoms with Gasteiger partial charge in [0.1, 0.15) is 0 Å². The molecule has 1 nitrogen and oxygen atoms in total. The van der Waals surface area contributed by atoms with Crippen LogP contribution >= 0.6 is 0 Å². The van der Waals surface area contributed by atoms with Crippen molar-refractivity contribution in [3.8, 4) is 0 Å². The lowest BCUT2D eigenvalue weighted by molar-refractivity contribution is -0.382. The van der Waals surface area contributed by atoms with Gasteiger partial charge >= 0.3 is 36.0 Å². The third-order valence-corrected chi connectivity index (χ3v) is 3.37. The maximum absolute atomic E-state index is 13.8. The average Bonchev–Trinajstić information content (AvgIpc) is 2.65. The van der Waals surface area contributed by atoms with E-state index in [-0.39, 0.29) is 0 Å². The van der Waals surface area contributed by atoms with E-state index in [1.54, 1.807) is 0 Å². The average molecular weight is 444 g/mol. The van der Waals surface area contributed by atoms with Crippen LogP contribution in [0.3, 0.4) is 0 Å². The minimum absolute atomic E-state index is 2.47. The van der Waals surface area contributed by atoms with Gasteiger partial charge in [0, 0.05) is 0 Å². The van der Waals surface area contributed by atoms with Gasteiger partial charge in [0.2, 0.25) is 6.17 Å². The fraction of sp³-hybridized carbons (Fsp3) is 1.00. The summed E-state index contributed by atoms with van der Waals surface area (Å²) >= 11 is 0. The summed E-state index contributed by atoms with van der Waals surface area (Å²) in [6.07, 6.45) is -35.0. The van der Waals surface area contributed by atoms with E-state index < -0.39 is 60.6 Å². The van der Waals surface area contributed by atoms with Crippen LogP contribution in [0.2, 0.25) is 0 Å². The standard InChI is InChI=1S/C10H4F16O/c11-1-2(5(14,15)3(12)8(20,21)22)27-10(26,6(1,16)17)7(18,19)4(13)9(23,24)25/h1-4H. The SMILES string of the molecule is FC(C(F)(F)F)C(F)(F)C1OC(F)(C(F)(F)C(F)C(F)(F)F)C(F)(F)C1F. The summed E-state index contributed by atoms with van der Waals surface area (Å²) in [6, 6.07) is 0. The number of hydrogen-bond donors (Lipinski definition) is 0. The first-order chi connectivity index (χ1) is 11.6. The number of halogens is 16. The minimum Gasteiger partial charge on any atom is -0.323 e. The molecule has 162 valence electrons. The highest BCUT2D eigenvalue weighted by atomic mass is 19.4. The highest BCUT2D eigenvalue weighted by molar-refractivity contribution is 5.15. The van der Waals surface area contributed by atoms with Crippen LogP contribution in [0, 0.1) is 0 Å². The van der Waals surface area contributed by atoms with Gasteiger partial charge < -0.3 is 4.74 Å². The van der Waals surface area contributed by atoms with E-state index in [0.29, 0.717) is 0 Å². The lowest BCUT2D eigenvalue weighted by Gasteiger charge is -2.35. The Bertz CT molecular complexity index is 550. The summed E-state index contributed by atoms with van der Waals surface area (Å²) in [5.41, 5.74) is 0. The predicted octanol–water partition coefficient (Wildman–Crippen LogP) is 5.10. The molecule has 0 aromatic rings. The highest BCUT2D eigenvalue weighted by Gasteiger charge is 2.87. The van der Waals surface area contributed by atoms with Crippen molar-refractivity contribution in [1.29, 1.82) is 0 Å².